The first-order valence-corrected chi connectivity index (χ1v) is 6.24. The van der Waals surface area contributed by atoms with Crippen molar-refractivity contribution < 1.29 is 0 Å². The fraction of sp³-hybridized carbons (Fsp3) is 0.667. The van der Waals surface area contributed by atoms with Crippen LogP contribution in [0.5, 0.6) is 0 Å². The van der Waals surface area contributed by atoms with Crippen molar-refractivity contribution in [3.63, 3.8) is 0 Å². The zero-order valence-corrected chi connectivity index (χ0v) is 9.58. The van der Waals surface area contributed by atoms with Gasteiger partial charge in [0, 0.05) is 44.4 Å². The highest BCUT2D eigenvalue weighted by Crippen LogP contribution is 2.18. The van der Waals surface area contributed by atoms with E-state index in [1.807, 2.05) is 6.20 Å². The molecule has 0 aliphatic carbocycles. The van der Waals surface area contributed by atoms with E-state index < -0.39 is 0 Å². The third kappa shape index (κ3) is 1.89. The van der Waals surface area contributed by atoms with Crippen LogP contribution in [0.15, 0.2) is 6.20 Å². The van der Waals surface area contributed by atoms with E-state index in [-0.39, 0.29) is 0 Å². The van der Waals surface area contributed by atoms with Crippen LogP contribution < -0.4 is 10.2 Å². The first kappa shape index (κ1) is 10.0. The molecular formula is C12H18N4. The van der Waals surface area contributed by atoms with Crippen molar-refractivity contribution >= 4 is 5.95 Å². The number of aromatic nitrogens is 2. The van der Waals surface area contributed by atoms with E-state index in [0.29, 0.717) is 0 Å². The van der Waals surface area contributed by atoms with E-state index in [2.05, 4.69) is 15.2 Å². The molecule has 1 N–H and O–H groups in total. The molecule has 2 aliphatic heterocycles. The minimum atomic E-state index is 0.926. The fourth-order valence-electron chi connectivity index (χ4n) is 2.47. The molecule has 1 aromatic heterocycles. The lowest BCUT2D eigenvalue weighted by Gasteiger charge is -2.27. The predicted octanol–water partition coefficient (Wildman–Crippen LogP) is 1.11. The summed E-state index contributed by atoms with van der Waals surface area (Å²) in [7, 11) is 0. The molecule has 0 saturated carbocycles. The van der Waals surface area contributed by atoms with Crippen LogP contribution in [-0.2, 0) is 13.0 Å². The summed E-state index contributed by atoms with van der Waals surface area (Å²) >= 11 is 0. The number of hydrogen-bond acceptors (Lipinski definition) is 4. The van der Waals surface area contributed by atoms with Gasteiger partial charge in [-0.25, -0.2) is 9.97 Å². The minimum Gasteiger partial charge on any atom is -0.341 e. The maximum absolute atomic E-state index is 4.71. The Bertz CT molecular complexity index is 371. The van der Waals surface area contributed by atoms with Gasteiger partial charge in [-0.05, 0) is 19.3 Å². The highest BCUT2D eigenvalue weighted by atomic mass is 15.3. The van der Waals surface area contributed by atoms with Gasteiger partial charge in [-0.1, -0.05) is 0 Å². The molecule has 0 unspecified atom stereocenters. The summed E-state index contributed by atoms with van der Waals surface area (Å²) < 4.78 is 0. The SMILES string of the molecule is c1nc(N2CCCCC2)nc2c1CNCC2. The summed E-state index contributed by atoms with van der Waals surface area (Å²) in [6, 6.07) is 0. The summed E-state index contributed by atoms with van der Waals surface area (Å²) in [5.74, 6) is 0.945. The van der Waals surface area contributed by atoms with Gasteiger partial charge < -0.3 is 10.2 Å². The van der Waals surface area contributed by atoms with Gasteiger partial charge in [0.25, 0.3) is 0 Å². The summed E-state index contributed by atoms with van der Waals surface area (Å²) in [5, 5.41) is 3.35. The van der Waals surface area contributed by atoms with Crippen LogP contribution >= 0.6 is 0 Å². The average molecular weight is 218 g/mol. The van der Waals surface area contributed by atoms with E-state index in [9.17, 15) is 0 Å². The van der Waals surface area contributed by atoms with Gasteiger partial charge in [0.2, 0.25) is 5.95 Å². The molecule has 3 heterocycles. The third-order valence-corrected chi connectivity index (χ3v) is 3.43. The normalized spacial score (nSPS) is 20.6. The van der Waals surface area contributed by atoms with Gasteiger partial charge >= 0.3 is 0 Å². The van der Waals surface area contributed by atoms with Gasteiger partial charge in [0.15, 0.2) is 0 Å². The molecule has 16 heavy (non-hydrogen) atoms. The van der Waals surface area contributed by atoms with Gasteiger partial charge in [0.1, 0.15) is 0 Å². The van der Waals surface area contributed by atoms with Gasteiger partial charge in [-0.15, -0.1) is 0 Å². The van der Waals surface area contributed by atoms with Crippen LogP contribution in [0.4, 0.5) is 5.95 Å². The quantitative estimate of drug-likeness (QED) is 0.766. The molecule has 4 nitrogen and oxygen atoms in total. The summed E-state index contributed by atoms with van der Waals surface area (Å²) in [5.41, 5.74) is 2.52. The monoisotopic (exact) mass is 218 g/mol. The molecule has 1 saturated heterocycles. The topological polar surface area (TPSA) is 41.1 Å². The number of hydrogen-bond donors (Lipinski definition) is 1. The fourth-order valence-corrected chi connectivity index (χ4v) is 2.47. The number of rotatable bonds is 1. The zero-order chi connectivity index (χ0) is 10.8. The van der Waals surface area contributed by atoms with Gasteiger partial charge in [-0.3, -0.25) is 0 Å². The second-order valence-corrected chi connectivity index (χ2v) is 4.62. The number of nitrogens with zero attached hydrogens (tertiary/aromatic N) is 3. The molecule has 86 valence electrons. The lowest BCUT2D eigenvalue weighted by atomic mass is 10.1. The lowest BCUT2D eigenvalue weighted by molar-refractivity contribution is 0.562. The Morgan fingerprint density at radius 3 is 2.94 bits per heavy atom. The van der Waals surface area contributed by atoms with Gasteiger partial charge in [-0.2, -0.15) is 0 Å². The first-order chi connectivity index (χ1) is 7.93. The van der Waals surface area contributed by atoms with E-state index in [0.717, 1.165) is 38.5 Å². The maximum atomic E-state index is 4.71. The largest absolute Gasteiger partial charge is 0.341 e. The molecule has 0 aromatic carbocycles. The molecule has 0 spiro atoms. The van der Waals surface area contributed by atoms with Crippen LogP contribution in [0, 0.1) is 0 Å². The number of nitrogens with one attached hydrogen (secondary N) is 1. The summed E-state index contributed by atoms with van der Waals surface area (Å²) in [4.78, 5) is 11.5. The Balaban J connectivity index is 1.84. The van der Waals surface area contributed by atoms with Crippen molar-refractivity contribution in [2.75, 3.05) is 24.5 Å². The van der Waals surface area contributed by atoms with Crippen molar-refractivity contribution in [2.24, 2.45) is 0 Å². The Labute approximate surface area is 96.1 Å². The van der Waals surface area contributed by atoms with E-state index >= 15 is 0 Å². The molecule has 0 bridgehead atoms. The number of fused-ring (bicyclic) bond motifs is 1. The van der Waals surface area contributed by atoms with Crippen molar-refractivity contribution in [2.45, 2.75) is 32.2 Å². The second-order valence-electron chi connectivity index (χ2n) is 4.62. The van der Waals surface area contributed by atoms with Crippen molar-refractivity contribution in [1.82, 2.24) is 15.3 Å². The average Bonchev–Trinajstić information content (AvgIpc) is 2.39. The minimum absolute atomic E-state index is 0.926. The predicted molar refractivity (Wildman–Crippen MR) is 63.5 cm³/mol. The molecule has 1 aromatic rings. The van der Waals surface area contributed by atoms with Crippen molar-refractivity contribution in [1.29, 1.82) is 0 Å². The molecule has 4 heteroatoms. The van der Waals surface area contributed by atoms with Gasteiger partial charge in [0.05, 0.1) is 5.69 Å². The van der Waals surface area contributed by atoms with Crippen molar-refractivity contribution in [3.8, 4) is 0 Å². The smallest absolute Gasteiger partial charge is 0.225 e. The molecule has 3 rings (SSSR count). The van der Waals surface area contributed by atoms with Crippen LogP contribution in [0.2, 0.25) is 0 Å². The highest BCUT2D eigenvalue weighted by Gasteiger charge is 2.16. The maximum Gasteiger partial charge on any atom is 0.225 e. The molecular weight excluding hydrogens is 200 g/mol. The molecule has 2 aliphatic rings. The summed E-state index contributed by atoms with van der Waals surface area (Å²) in [6.45, 7) is 4.22. The Morgan fingerprint density at radius 1 is 1.19 bits per heavy atom. The first-order valence-electron chi connectivity index (χ1n) is 6.24. The summed E-state index contributed by atoms with van der Waals surface area (Å²) in [6.07, 6.45) is 6.95. The zero-order valence-electron chi connectivity index (χ0n) is 9.58. The van der Waals surface area contributed by atoms with Crippen molar-refractivity contribution in [3.05, 3.63) is 17.5 Å². The lowest BCUT2D eigenvalue weighted by Crippen LogP contribution is -2.32. The molecule has 0 radical (unpaired) electrons. The van der Waals surface area contributed by atoms with Crippen LogP contribution in [0.3, 0.4) is 0 Å². The molecule has 0 amide bonds. The Morgan fingerprint density at radius 2 is 2.06 bits per heavy atom. The van der Waals surface area contributed by atoms with E-state index in [4.69, 9.17) is 4.98 Å². The van der Waals surface area contributed by atoms with Crippen LogP contribution in [0.1, 0.15) is 30.5 Å². The second kappa shape index (κ2) is 4.37. The Kier molecular flexibility index (Phi) is 2.74. The molecule has 1 fully saturated rings. The highest BCUT2D eigenvalue weighted by molar-refractivity contribution is 5.34. The molecule has 0 atom stereocenters. The number of piperidine rings is 1. The standard InChI is InChI=1S/C12H18N4/c1-2-6-16(7-3-1)12-14-9-10-8-13-5-4-11(10)15-12/h9,13H,1-8H2. The van der Waals surface area contributed by atoms with E-state index in [1.54, 1.807) is 0 Å². The van der Waals surface area contributed by atoms with Crippen LogP contribution in [-0.4, -0.2) is 29.6 Å². The van der Waals surface area contributed by atoms with Crippen LogP contribution in [0.25, 0.3) is 0 Å². The van der Waals surface area contributed by atoms with E-state index in [1.165, 1.54) is 30.5 Å². The Hall–Kier alpha value is -1.16. The third-order valence-electron chi connectivity index (χ3n) is 3.43. The number of anilines is 1.